The van der Waals surface area contributed by atoms with Crippen molar-refractivity contribution in [3.8, 4) is 17.2 Å². The van der Waals surface area contributed by atoms with Crippen LogP contribution in [0.25, 0.3) is 5.69 Å². The molecule has 1 N–H and O–H groups in total. The normalized spacial score (nSPS) is 15.3. The lowest BCUT2D eigenvalue weighted by Crippen LogP contribution is -2.41. The zero-order valence-electron chi connectivity index (χ0n) is 25.7. The van der Waals surface area contributed by atoms with Gasteiger partial charge >= 0.3 is 11.9 Å². The first-order valence-electron chi connectivity index (χ1n) is 15.0. The van der Waals surface area contributed by atoms with Gasteiger partial charge in [-0.15, -0.1) is 0 Å². The molecule has 0 saturated carbocycles. The van der Waals surface area contributed by atoms with Crippen LogP contribution in [-0.4, -0.2) is 64.5 Å². The van der Waals surface area contributed by atoms with Crippen molar-refractivity contribution in [3.05, 3.63) is 109 Å². The molecule has 49 heavy (non-hydrogen) atoms. The molecule has 1 saturated heterocycles. The average Bonchev–Trinajstić information content (AvgIpc) is 3.34. The molecule has 10 nitrogen and oxygen atoms in total. The van der Waals surface area contributed by atoms with Crippen molar-refractivity contribution in [1.82, 2.24) is 19.4 Å². The zero-order chi connectivity index (χ0) is 35.0. The Labute approximate surface area is 290 Å². The van der Waals surface area contributed by atoms with Crippen molar-refractivity contribution in [3.63, 3.8) is 0 Å². The first kappa shape index (κ1) is 34.5. The molecule has 1 aromatic heterocycles. The smallest absolute Gasteiger partial charge is 0.422 e. The van der Waals surface area contributed by atoms with Gasteiger partial charge in [0.15, 0.2) is 6.61 Å². The molecule has 1 atom stereocenters. The molecule has 6 rings (SSSR count). The summed E-state index contributed by atoms with van der Waals surface area (Å²) in [5.41, 5.74) is 0.0877. The van der Waals surface area contributed by atoms with Crippen molar-refractivity contribution >= 4 is 39.3 Å². The second-order valence-corrected chi connectivity index (χ2v) is 12.7. The molecule has 258 valence electrons. The molecule has 2 aliphatic heterocycles. The number of imidazole rings is 1. The summed E-state index contributed by atoms with van der Waals surface area (Å²) in [7, 11) is 0. The summed E-state index contributed by atoms with van der Waals surface area (Å²) >= 11 is 9.52. The Morgan fingerprint density at radius 1 is 1.06 bits per heavy atom. The number of halogens is 6. The third-order valence-electron chi connectivity index (χ3n) is 8.04. The molecule has 0 unspecified atom stereocenters. The Morgan fingerprint density at radius 3 is 2.41 bits per heavy atom. The molecule has 2 aliphatic rings. The van der Waals surface area contributed by atoms with E-state index < -0.39 is 36.2 Å². The molecule has 4 aromatic rings. The fourth-order valence-corrected chi connectivity index (χ4v) is 5.95. The van der Waals surface area contributed by atoms with Gasteiger partial charge < -0.3 is 24.4 Å². The minimum atomic E-state index is -4.55. The highest BCUT2D eigenvalue weighted by Crippen LogP contribution is 2.28. The van der Waals surface area contributed by atoms with Crippen LogP contribution in [0.5, 0.6) is 11.5 Å². The van der Waals surface area contributed by atoms with Gasteiger partial charge in [-0.25, -0.2) is 9.18 Å². The van der Waals surface area contributed by atoms with E-state index in [4.69, 9.17) is 25.8 Å². The Balaban J connectivity index is 1.33. The Bertz CT molecular complexity index is 1960. The maximum absolute atomic E-state index is 15.2. The largest absolute Gasteiger partial charge is 0.485 e. The van der Waals surface area contributed by atoms with Gasteiger partial charge in [0.2, 0.25) is 0 Å². The van der Waals surface area contributed by atoms with E-state index in [0.29, 0.717) is 34.0 Å². The van der Waals surface area contributed by atoms with Crippen LogP contribution in [0, 0.1) is 5.82 Å². The molecular weight excluding hydrogens is 740 g/mol. The predicted octanol–water partition coefficient (Wildman–Crippen LogP) is 6.06. The summed E-state index contributed by atoms with van der Waals surface area (Å²) in [4.78, 5) is 42.9. The van der Waals surface area contributed by atoms with E-state index >= 15 is 4.39 Å². The van der Waals surface area contributed by atoms with Crippen LogP contribution in [-0.2, 0) is 17.8 Å². The van der Waals surface area contributed by atoms with Gasteiger partial charge in [0.25, 0.3) is 11.8 Å². The number of carbonyl (C=O) groups excluding carboxylic acids is 2. The van der Waals surface area contributed by atoms with E-state index in [2.05, 4.69) is 21.2 Å². The molecule has 2 amide bonds. The first-order chi connectivity index (χ1) is 23.3. The molecule has 0 radical (unpaired) electrons. The molecule has 1 fully saturated rings. The van der Waals surface area contributed by atoms with Crippen LogP contribution in [0.3, 0.4) is 0 Å². The van der Waals surface area contributed by atoms with Crippen molar-refractivity contribution in [1.29, 1.82) is 0 Å². The Kier molecular flexibility index (Phi) is 9.78. The van der Waals surface area contributed by atoms with E-state index in [9.17, 15) is 27.6 Å². The highest BCUT2D eigenvalue weighted by atomic mass is 79.9. The standard InChI is InChI=1S/C33H28BrClF4N4O6/c1-18(24-8-7-22(13-27(24)36)49-23-15-47-16-23)40-30(44)29-28-14-41(31(45)19-2-9-25(34)26(35)12-19)10-11-42(28)32(46)43(29)20-3-5-21(6-4-20)48-17-33(37,38)39/h2-9,12-13,18,23H,10-11,14-17H2,1H3,(H,40,44)/t18-/m1/s1. The maximum atomic E-state index is 15.2. The number of benzene rings is 3. The fraction of sp³-hybridized carbons (Fsp3) is 0.303. The fourth-order valence-electron chi connectivity index (χ4n) is 5.52. The van der Waals surface area contributed by atoms with Crippen molar-refractivity contribution in [2.45, 2.75) is 38.3 Å². The number of rotatable bonds is 9. The molecular formula is C33H28BrClF4N4O6. The number of hydrogen-bond donors (Lipinski definition) is 1. The Hall–Kier alpha value is -4.34. The van der Waals surface area contributed by atoms with Crippen molar-refractivity contribution in [2.75, 3.05) is 26.4 Å². The van der Waals surface area contributed by atoms with E-state index in [0.717, 1.165) is 4.57 Å². The number of ether oxygens (including phenoxy) is 3. The highest BCUT2D eigenvalue weighted by molar-refractivity contribution is 9.10. The summed E-state index contributed by atoms with van der Waals surface area (Å²) in [6.07, 6.45) is -4.72. The Morgan fingerprint density at radius 2 is 1.78 bits per heavy atom. The second kappa shape index (κ2) is 13.9. The first-order valence-corrected chi connectivity index (χ1v) is 16.2. The third kappa shape index (κ3) is 7.48. The number of nitrogens with zero attached hydrogens (tertiary/aromatic N) is 3. The predicted molar refractivity (Wildman–Crippen MR) is 173 cm³/mol. The summed E-state index contributed by atoms with van der Waals surface area (Å²) in [5, 5.41) is 3.08. The van der Waals surface area contributed by atoms with Crippen LogP contribution >= 0.6 is 27.5 Å². The van der Waals surface area contributed by atoms with Crippen LogP contribution in [0.4, 0.5) is 17.6 Å². The van der Waals surface area contributed by atoms with Crippen molar-refractivity contribution < 1.29 is 41.4 Å². The summed E-state index contributed by atoms with van der Waals surface area (Å²) in [6.45, 7) is 0.918. The monoisotopic (exact) mass is 766 g/mol. The van der Waals surface area contributed by atoms with Crippen LogP contribution in [0.15, 0.2) is 69.9 Å². The van der Waals surface area contributed by atoms with Crippen LogP contribution in [0.1, 0.15) is 45.1 Å². The van der Waals surface area contributed by atoms with Gasteiger partial charge in [-0.3, -0.25) is 18.7 Å². The second-order valence-electron chi connectivity index (χ2n) is 11.5. The number of amides is 2. The minimum absolute atomic E-state index is 0.0436. The lowest BCUT2D eigenvalue weighted by Gasteiger charge is -2.28. The van der Waals surface area contributed by atoms with Crippen molar-refractivity contribution in [2.24, 2.45) is 0 Å². The van der Waals surface area contributed by atoms with Gasteiger partial charge in [0, 0.05) is 34.8 Å². The van der Waals surface area contributed by atoms with E-state index in [1.54, 1.807) is 25.1 Å². The van der Waals surface area contributed by atoms with E-state index in [1.807, 2.05) is 0 Å². The van der Waals surface area contributed by atoms with E-state index in [1.165, 1.54) is 51.9 Å². The number of nitrogens with one attached hydrogen (secondary N) is 1. The molecule has 3 heterocycles. The molecule has 16 heteroatoms. The third-order valence-corrected chi connectivity index (χ3v) is 9.27. The number of alkyl halides is 3. The van der Waals surface area contributed by atoms with Gasteiger partial charge in [-0.1, -0.05) is 17.7 Å². The van der Waals surface area contributed by atoms with Gasteiger partial charge in [-0.05, 0) is 71.4 Å². The lowest BCUT2D eigenvalue weighted by atomic mass is 10.1. The molecule has 0 aliphatic carbocycles. The van der Waals surface area contributed by atoms with E-state index in [-0.39, 0.29) is 60.0 Å². The maximum Gasteiger partial charge on any atom is 0.422 e. The molecule has 3 aromatic carbocycles. The number of aromatic nitrogens is 2. The van der Waals surface area contributed by atoms with Gasteiger partial charge in [-0.2, -0.15) is 13.2 Å². The van der Waals surface area contributed by atoms with Gasteiger partial charge in [0.1, 0.15) is 29.1 Å². The van der Waals surface area contributed by atoms with Crippen LogP contribution in [0.2, 0.25) is 5.02 Å². The SMILES string of the molecule is C[C@@H](NC(=O)c1c2n(c(=O)n1-c1ccc(OCC(F)(F)F)cc1)CCN(C(=O)c1ccc(Br)c(Cl)c1)C2)c1ccc(OC2COC2)cc1F. The minimum Gasteiger partial charge on any atom is -0.485 e. The van der Waals surface area contributed by atoms with Gasteiger partial charge in [0.05, 0.1) is 42.2 Å². The number of hydrogen-bond acceptors (Lipinski definition) is 6. The quantitative estimate of drug-likeness (QED) is 0.208. The number of carbonyl (C=O) groups is 2. The topological polar surface area (TPSA) is 104 Å². The summed E-state index contributed by atoms with van der Waals surface area (Å²) in [5.74, 6) is -1.55. The molecule has 0 bridgehead atoms. The zero-order valence-corrected chi connectivity index (χ0v) is 28.1. The van der Waals surface area contributed by atoms with Crippen LogP contribution < -0.4 is 20.5 Å². The summed E-state index contributed by atoms with van der Waals surface area (Å²) < 4.78 is 71.9. The lowest BCUT2D eigenvalue weighted by molar-refractivity contribution is -0.153. The average molecular weight is 768 g/mol. The summed E-state index contributed by atoms with van der Waals surface area (Å²) in [6, 6.07) is 13.3. The number of fused-ring (bicyclic) bond motifs is 1. The highest BCUT2D eigenvalue weighted by Gasteiger charge is 2.33. The molecule has 0 spiro atoms.